The Morgan fingerprint density at radius 1 is 1.31 bits per heavy atom. The normalized spacial score (nSPS) is 14.1. The zero-order chi connectivity index (χ0) is 9.10. The predicted octanol–water partition coefficient (Wildman–Crippen LogP) is 0.952. The molecule has 1 aliphatic heterocycles. The van der Waals surface area contributed by atoms with E-state index in [0.29, 0.717) is 0 Å². The van der Waals surface area contributed by atoms with Crippen molar-refractivity contribution in [1.82, 2.24) is 10.5 Å². The Morgan fingerprint density at radius 3 is 2.77 bits per heavy atom. The first-order valence-electron chi connectivity index (χ1n) is 4.16. The number of nitrogens with zero attached hydrogens (tertiary/aromatic N) is 4. The number of aryl methyl sites for hydroxylation is 1. The van der Waals surface area contributed by atoms with Crippen LogP contribution in [0.1, 0.15) is 18.2 Å². The van der Waals surface area contributed by atoms with Gasteiger partial charge in [0.25, 0.3) is 0 Å². The van der Waals surface area contributed by atoms with Crippen molar-refractivity contribution in [2.45, 2.75) is 13.3 Å². The minimum absolute atomic E-state index is 0.725. The van der Waals surface area contributed by atoms with Gasteiger partial charge in [-0.3, -0.25) is 4.98 Å². The molecule has 0 aromatic carbocycles. The second-order valence-corrected chi connectivity index (χ2v) is 2.72. The fourth-order valence-electron chi connectivity index (χ4n) is 1.08. The second kappa shape index (κ2) is 3.35. The van der Waals surface area contributed by atoms with Crippen molar-refractivity contribution in [3.63, 3.8) is 0 Å². The minimum Gasteiger partial charge on any atom is -0.254 e. The van der Waals surface area contributed by atoms with Gasteiger partial charge in [-0.05, 0) is 23.6 Å². The summed E-state index contributed by atoms with van der Waals surface area (Å²) in [4.78, 5) is 4.25. The highest BCUT2D eigenvalue weighted by Crippen LogP contribution is 2.03. The Kier molecular flexibility index (Phi) is 2.04. The van der Waals surface area contributed by atoms with E-state index in [1.165, 1.54) is 5.56 Å². The Balaban J connectivity index is 2.27. The van der Waals surface area contributed by atoms with Crippen LogP contribution < -0.4 is 5.53 Å². The molecule has 0 amide bonds. The van der Waals surface area contributed by atoms with E-state index in [0.717, 1.165) is 17.8 Å². The van der Waals surface area contributed by atoms with E-state index in [4.69, 9.17) is 0 Å². The summed E-state index contributed by atoms with van der Waals surface area (Å²) >= 11 is 0. The van der Waals surface area contributed by atoms with Crippen LogP contribution in [0, 0.1) is 0 Å². The Labute approximate surface area is 76.4 Å². The number of hydrogen-bond donors (Lipinski definition) is 0. The van der Waals surface area contributed by atoms with Crippen molar-refractivity contribution in [3.05, 3.63) is 29.6 Å². The molecule has 1 aromatic rings. The maximum absolute atomic E-state index is 4.25. The van der Waals surface area contributed by atoms with Gasteiger partial charge >= 0.3 is 0 Å². The quantitative estimate of drug-likeness (QED) is 0.657. The zero-order valence-corrected chi connectivity index (χ0v) is 7.31. The Hall–Kier alpha value is -1.71. The van der Waals surface area contributed by atoms with Gasteiger partial charge in [-0.2, -0.15) is 0 Å². The molecule has 1 aliphatic rings. The molecule has 0 saturated carbocycles. The van der Waals surface area contributed by atoms with Gasteiger partial charge in [0.1, 0.15) is 5.71 Å². The molecule has 0 atom stereocenters. The van der Waals surface area contributed by atoms with Gasteiger partial charge in [0.15, 0.2) is 0 Å². The molecule has 65 valence electrons. The first kappa shape index (κ1) is 7.91. The maximum Gasteiger partial charge on any atom is 0.133 e. The van der Waals surface area contributed by atoms with Crippen LogP contribution in [-0.4, -0.2) is 16.9 Å². The van der Waals surface area contributed by atoms with Gasteiger partial charge in [0.05, 0.1) is 11.9 Å². The van der Waals surface area contributed by atoms with E-state index in [9.17, 15) is 0 Å². The van der Waals surface area contributed by atoms with Crippen LogP contribution in [0.25, 0.3) is 0 Å². The van der Waals surface area contributed by atoms with Crippen molar-refractivity contribution in [1.29, 1.82) is 0 Å². The Bertz CT molecular complexity index is 350. The van der Waals surface area contributed by atoms with Crippen LogP contribution in [0.4, 0.5) is 0 Å². The highest BCUT2D eigenvalue weighted by atomic mass is 15.5. The molecule has 0 saturated heterocycles. The van der Waals surface area contributed by atoms with E-state index in [1.807, 2.05) is 18.3 Å². The molecule has 0 aliphatic carbocycles. The summed E-state index contributed by atoms with van der Waals surface area (Å²) < 4.78 is 0. The third-order valence-electron chi connectivity index (χ3n) is 1.88. The molecule has 0 bridgehead atoms. The first-order valence-corrected chi connectivity index (χ1v) is 4.16. The summed E-state index contributed by atoms with van der Waals surface area (Å²) in [6, 6.07) is 3.97. The molecule has 1 radical (unpaired) electrons. The minimum atomic E-state index is 0.725. The van der Waals surface area contributed by atoms with E-state index in [2.05, 4.69) is 27.6 Å². The lowest BCUT2D eigenvalue weighted by Gasteiger charge is -1.97. The molecule has 13 heavy (non-hydrogen) atoms. The number of rotatable bonds is 2. The highest BCUT2D eigenvalue weighted by molar-refractivity contribution is 6.38. The van der Waals surface area contributed by atoms with Crippen molar-refractivity contribution >= 4 is 11.9 Å². The summed E-state index contributed by atoms with van der Waals surface area (Å²) in [5.41, 5.74) is 6.27. The first-order chi connectivity index (χ1) is 6.40. The lowest BCUT2D eigenvalue weighted by molar-refractivity contribution is 0.813. The van der Waals surface area contributed by atoms with Crippen LogP contribution in [0.3, 0.4) is 0 Å². The van der Waals surface area contributed by atoms with E-state index < -0.39 is 0 Å². The van der Waals surface area contributed by atoms with Crippen LogP contribution >= 0.6 is 0 Å². The third-order valence-corrected chi connectivity index (χ3v) is 1.88. The summed E-state index contributed by atoms with van der Waals surface area (Å²) in [6.07, 6.45) is 4.45. The van der Waals surface area contributed by atoms with Crippen molar-refractivity contribution in [2.24, 2.45) is 10.2 Å². The largest absolute Gasteiger partial charge is 0.254 e. The van der Waals surface area contributed by atoms with Gasteiger partial charge < -0.3 is 0 Å². The van der Waals surface area contributed by atoms with E-state index in [-0.39, 0.29) is 0 Å². The molecular formula is C9H9N4. The fourth-order valence-corrected chi connectivity index (χ4v) is 1.08. The molecule has 2 rings (SSSR count). The van der Waals surface area contributed by atoms with Gasteiger partial charge in [0, 0.05) is 6.20 Å². The fraction of sp³-hybridized carbons (Fsp3) is 0.222. The topological polar surface area (TPSA) is 51.7 Å². The molecule has 4 nitrogen and oxygen atoms in total. The second-order valence-electron chi connectivity index (χ2n) is 2.72. The van der Waals surface area contributed by atoms with Gasteiger partial charge in [-0.15, -0.1) is 10.2 Å². The number of hydrogen-bond acceptors (Lipinski definition) is 3. The van der Waals surface area contributed by atoms with Crippen molar-refractivity contribution < 1.29 is 0 Å². The monoisotopic (exact) mass is 173 g/mol. The number of aromatic nitrogens is 1. The molecule has 0 unspecified atom stereocenters. The molecule has 1 aromatic heterocycles. The molecule has 4 heteroatoms. The van der Waals surface area contributed by atoms with Crippen LogP contribution in [0.5, 0.6) is 0 Å². The standard InChI is InChI=1S/C9H9N4/c1-2-7-3-4-8(10-5-7)9-6-11-13-12-9/h3-6H,2H2,1H3. The third kappa shape index (κ3) is 1.56. The van der Waals surface area contributed by atoms with Gasteiger partial charge in [-0.1, -0.05) is 13.0 Å². The molecule has 0 fully saturated rings. The van der Waals surface area contributed by atoms with Gasteiger partial charge in [-0.25, -0.2) is 0 Å². The van der Waals surface area contributed by atoms with Crippen LogP contribution in [-0.2, 0) is 6.42 Å². The molecular weight excluding hydrogens is 164 g/mol. The lowest BCUT2D eigenvalue weighted by atomic mass is 10.2. The maximum atomic E-state index is 4.25. The average Bonchev–Trinajstić information content (AvgIpc) is 2.71. The highest BCUT2D eigenvalue weighted by Gasteiger charge is 2.06. The SMILES string of the molecule is CCc1ccc(C2=N[N]N=C2)nc1. The van der Waals surface area contributed by atoms with Gasteiger partial charge in [0.2, 0.25) is 0 Å². The smallest absolute Gasteiger partial charge is 0.133 e. The zero-order valence-electron chi connectivity index (χ0n) is 7.31. The van der Waals surface area contributed by atoms with E-state index in [1.54, 1.807) is 6.21 Å². The predicted molar refractivity (Wildman–Crippen MR) is 50.8 cm³/mol. The number of pyridine rings is 1. The molecule has 2 heterocycles. The average molecular weight is 173 g/mol. The van der Waals surface area contributed by atoms with Crippen LogP contribution in [0.2, 0.25) is 0 Å². The summed E-state index contributed by atoms with van der Waals surface area (Å²) in [6.45, 7) is 2.10. The van der Waals surface area contributed by atoms with Crippen molar-refractivity contribution in [2.75, 3.05) is 0 Å². The van der Waals surface area contributed by atoms with Crippen LogP contribution in [0.15, 0.2) is 28.5 Å². The molecule has 0 spiro atoms. The van der Waals surface area contributed by atoms with E-state index >= 15 is 0 Å². The summed E-state index contributed by atoms with van der Waals surface area (Å²) in [7, 11) is 0. The summed E-state index contributed by atoms with van der Waals surface area (Å²) in [5.74, 6) is 0. The lowest BCUT2D eigenvalue weighted by Crippen LogP contribution is -2.02. The molecule has 0 N–H and O–H groups in total. The van der Waals surface area contributed by atoms with Crippen molar-refractivity contribution in [3.8, 4) is 0 Å². The summed E-state index contributed by atoms with van der Waals surface area (Å²) in [5, 5.41) is 7.46. The Morgan fingerprint density at radius 2 is 2.23 bits per heavy atom.